The second kappa shape index (κ2) is 11.2. The number of carbonyl (C=O) groups is 1. The minimum Gasteiger partial charge on any atom is -0.490 e. The molecule has 0 saturated heterocycles. The third-order valence-corrected chi connectivity index (χ3v) is 6.02. The van der Waals surface area contributed by atoms with Crippen LogP contribution >= 0.6 is 0 Å². The molecule has 0 aliphatic heterocycles. The maximum Gasteiger partial charge on any atom is 0.303 e. The van der Waals surface area contributed by atoms with Crippen LogP contribution in [0.3, 0.4) is 0 Å². The summed E-state index contributed by atoms with van der Waals surface area (Å²) < 4.78 is 12.3. The molecule has 0 aliphatic rings. The predicted molar refractivity (Wildman–Crippen MR) is 138 cm³/mol. The van der Waals surface area contributed by atoms with Crippen molar-refractivity contribution >= 4 is 5.97 Å². The number of hydrogen-bond donors (Lipinski definition) is 1. The van der Waals surface area contributed by atoms with Crippen LogP contribution in [0.15, 0.2) is 66.7 Å². The summed E-state index contributed by atoms with van der Waals surface area (Å²) >= 11 is 0. The summed E-state index contributed by atoms with van der Waals surface area (Å²) in [7, 11) is 0. The van der Waals surface area contributed by atoms with Crippen molar-refractivity contribution in [2.24, 2.45) is 0 Å². The molecule has 3 aromatic rings. The molecule has 4 nitrogen and oxygen atoms in total. The third-order valence-electron chi connectivity index (χ3n) is 6.02. The van der Waals surface area contributed by atoms with Crippen LogP contribution in [0, 0.1) is 0 Å². The van der Waals surface area contributed by atoms with E-state index in [9.17, 15) is 4.79 Å². The van der Waals surface area contributed by atoms with E-state index in [0.29, 0.717) is 12.2 Å². The number of carboxylic acid groups (broad SMARTS) is 1. The molecule has 0 atom stereocenters. The fourth-order valence-corrected chi connectivity index (χ4v) is 3.80. The van der Waals surface area contributed by atoms with Gasteiger partial charge in [0.05, 0.1) is 6.10 Å². The molecule has 0 aliphatic carbocycles. The van der Waals surface area contributed by atoms with Gasteiger partial charge in [0.15, 0.2) is 0 Å². The molecule has 3 rings (SSSR count). The first-order chi connectivity index (χ1) is 16.2. The summed E-state index contributed by atoms with van der Waals surface area (Å²) in [6.45, 7) is 10.8. The Hall–Kier alpha value is -3.27. The van der Waals surface area contributed by atoms with Gasteiger partial charge in [-0.25, -0.2) is 0 Å². The van der Waals surface area contributed by atoms with Crippen LogP contribution in [-0.2, 0) is 16.6 Å². The van der Waals surface area contributed by atoms with E-state index in [0.717, 1.165) is 41.0 Å². The lowest BCUT2D eigenvalue weighted by Gasteiger charge is -2.19. The van der Waals surface area contributed by atoms with Gasteiger partial charge >= 0.3 is 5.97 Å². The molecule has 0 aromatic heterocycles. The molecule has 0 unspecified atom stereocenters. The Bertz CT molecular complexity index is 1070. The van der Waals surface area contributed by atoms with Crippen LogP contribution in [-0.4, -0.2) is 17.2 Å². The predicted octanol–water partition coefficient (Wildman–Crippen LogP) is 8.03. The van der Waals surface area contributed by atoms with E-state index in [4.69, 9.17) is 14.6 Å². The first kappa shape index (κ1) is 25.4. The molecule has 3 aromatic carbocycles. The largest absolute Gasteiger partial charge is 0.490 e. The summed E-state index contributed by atoms with van der Waals surface area (Å²) in [5, 5.41) is 9.17. The van der Waals surface area contributed by atoms with Gasteiger partial charge in [-0.1, -0.05) is 71.0 Å². The Labute approximate surface area is 203 Å². The van der Waals surface area contributed by atoms with Crippen molar-refractivity contribution in [1.29, 1.82) is 0 Å². The molecule has 0 amide bonds. The Morgan fingerprint density at radius 3 is 2.00 bits per heavy atom. The number of aliphatic carboxylic acids is 1. The number of hydrogen-bond acceptors (Lipinski definition) is 3. The van der Waals surface area contributed by atoms with Crippen molar-refractivity contribution in [3.63, 3.8) is 0 Å². The highest BCUT2D eigenvalue weighted by Gasteiger charge is 2.14. The molecule has 4 heteroatoms. The highest BCUT2D eigenvalue weighted by molar-refractivity contribution is 5.69. The minimum absolute atomic E-state index is 0.0563. The van der Waals surface area contributed by atoms with E-state index in [1.807, 2.05) is 54.6 Å². The van der Waals surface area contributed by atoms with Crippen LogP contribution in [0.4, 0.5) is 0 Å². The molecule has 0 heterocycles. The average molecular weight is 461 g/mol. The van der Waals surface area contributed by atoms with Gasteiger partial charge in [0, 0.05) is 6.42 Å². The van der Waals surface area contributed by atoms with Gasteiger partial charge in [0.1, 0.15) is 17.2 Å². The van der Waals surface area contributed by atoms with Gasteiger partial charge in [-0.3, -0.25) is 4.79 Å². The smallest absolute Gasteiger partial charge is 0.303 e. The van der Waals surface area contributed by atoms with Gasteiger partial charge in [0.25, 0.3) is 0 Å². The van der Waals surface area contributed by atoms with E-state index in [1.54, 1.807) is 0 Å². The summed E-state index contributed by atoms with van der Waals surface area (Å²) in [5.74, 6) is 1.46. The normalized spacial score (nSPS) is 11.5. The molecule has 0 saturated carbocycles. The van der Waals surface area contributed by atoms with E-state index < -0.39 is 5.97 Å². The molecule has 0 fully saturated rings. The molecule has 1 N–H and O–H groups in total. The van der Waals surface area contributed by atoms with E-state index in [1.165, 1.54) is 5.56 Å². The second-order valence-corrected chi connectivity index (χ2v) is 9.67. The summed E-state index contributed by atoms with van der Waals surface area (Å²) in [5.41, 5.74) is 4.23. The summed E-state index contributed by atoms with van der Waals surface area (Å²) in [6.07, 6.45) is 2.65. The molecule has 180 valence electrons. The van der Waals surface area contributed by atoms with Crippen molar-refractivity contribution in [3.8, 4) is 28.4 Å². The first-order valence-electron chi connectivity index (χ1n) is 12.1. The SMILES string of the molecule is CCC(CC)Oc1ccc(-c2ccc(CCC(=O)O)c(Oc3ccc(C(C)(C)C)cc3)c2)cc1. The van der Waals surface area contributed by atoms with Gasteiger partial charge in [-0.2, -0.15) is 0 Å². The Morgan fingerprint density at radius 2 is 1.44 bits per heavy atom. The highest BCUT2D eigenvalue weighted by atomic mass is 16.5. The van der Waals surface area contributed by atoms with Crippen molar-refractivity contribution in [2.45, 2.75) is 71.8 Å². The Kier molecular flexibility index (Phi) is 8.38. The fourth-order valence-electron chi connectivity index (χ4n) is 3.80. The average Bonchev–Trinajstić information content (AvgIpc) is 2.82. The van der Waals surface area contributed by atoms with Crippen molar-refractivity contribution in [1.82, 2.24) is 0 Å². The van der Waals surface area contributed by atoms with Gasteiger partial charge in [0.2, 0.25) is 0 Å². The minimum atomic E-state index is -0.822. The van der Waals surface area contributed by atoms with Gasteiger partial charge in [-0.05, 0) is 77.3 Å². The monoisotopic (exact) mass is 460 g/mol. The number of carboxylic acids is 1. The van der Waals surface area contributed by atoms with Crippen LogP contribution < -0.4 is 9.47 Å². The van der Waals surface area contributed by atoms with Crippen LogP contribution in [0.25, 0.3) is 11.1 Å². The van der Waals surface area contributed by atoms with Crippen molar-refractivity contribution in [2.75, 3.05) is 0 Å². The van der Waals surface area contributed by atoms with Crippen LogP contribution in [0.5, 0.6) is 17.2 Å². The van der Waals surface area contributed by atoms with Crippen molar-refractivity contribution < 1.29 is 19.4 Å². The Balaban J connectivity index is 1.87. The van der Waals surface area contributed by atoms with E-state index >= 15 is 0 Å². The zero-order valence-electron chi connectivity index (χ0n) is 20.9. The fraction of sp³-hybridized carbons (Fsp3) is 0.367. The van der Waals surface area contributed by atoms with Crippen LogP contribution in [0.2, 0.25) is 0 Å². The lowest BCUT2D eigenvalue weighted by Crippen LogP contribution is -2.13. The maximum absolute atomic E-state index is 11.2. The molecule has 34 heavy (non-hydrogen) atoms. The zero-order valence-corrected chi connectivity index (χ0v) is 20.9. The summed E-state index contributed by atoms with van der Waals surface area (Å²) in [4.78, 5) is 11.2. The number of rotatable bonds is 10. The lowest BCUT2D eigenvalue weighted by atomic mass is 9.87. The van der Waals surface area contributed by atoms with Crippen molar-refractivity contribution in [3.05, 3.63) is 77.9 Å². The molecular formula is C30H36O4. The number of benzene rings is 3. The highest BCUT2D eigenvalue weighted by Crippen LogP contribution is 2.33. The lowest BCUT2D eigenvalue weighted by molar-refractivity contribution is -0.136. The molecule has 0 spiro atoms. The van der Waals surface area contributed by atoms with Gasteiger partial charge in [-0.15, -0.1) is 0 Å². The number of ether oxygens (including phenoxy) is 2. The maximum atomic E-state index is 11.2. The van der Waals surface area contributed by atoms with E-state index in [-0.39, 0.29) is 17.9 Å². The zero-order chi connectivity index (χ0) is 24.7. The Morgan fingerprint density at radius 1 is 0.853 bits per heavy atom. The first-order valence-corrected chi connectivity index (χ1v) is 12.1. The standard InChI is InChI=1S/C30H36O4/c1-6-25(7-2)33-26-15-10-21(11-16-26)23-9-8-22(12-19-29(31)32)28(20-23)34-27-17-13-24(14-18-27)30(3,4)5/h8-11,13-18,20,25H,6-7,12,19H2,1-5H3,(H,31,32). The topological polar surface area (TPSA) is 55.8 Å². The van der Waals surface area contributed by atoms with Crippen LogP contribution in [0.1, 0.15) is 65.0 Å². The molecular weight excluding hydrogens is 424 g/mol. The summed E-state index contributed by atoms with van der Waals surface area (Å²) in [6, 6.07) is 22.2. The molecule has 0 bridgehead atoms. The third kappa shape index (κ3) is 6.86. The number of aryl methyl sites for hydroxylation is 1. The van der Waals surface area contributed by atoms with Gasteiger partial charge < -0.3 is 14.6 Å². The second-order valence-electron chi connectivity index (χ2n) is 9.67. The quantitative estimate of drug-likeness (QED) is 0.333. The molecule has 0 radical (unpaired) electrons. The van der Waals surface area contributed by atoms with E-state index in [2.05, 4.69) is 46.8 Å².